The Morgan fingerprint density at radius 2 is 1.78 bits per heavy atom. The zero-order chi connectivity index (χ0) is 19.0. The zero-order valence-electron chi connectivity index (χ0n) is 14.4. The molecule has 0 bridgehead atoms. The molecular formula is C22H15BrO3S. The number of phenolic OH excluding ortho intramolecular Hbond substituents is 1. The van der Waals surface area contributed by atoms with E-state index < -0.39 is 0 Å². The lowest BCUT2D eigenvalue weighted by Crippen LogP contribution is -2.03. The van der Waals surface area contributed by atoms with Crippen LogP contribution in [0.2, 0.25) is 0 Å². The fourth-order valence-electron chi connectivity index (χ4n) is 2.88. The van der Waals surface area contributed by atoms with Gasteiger partial charge in [-0.15, -0.1) is 11.3 Å². The summed E-state index contributed by atoms with van der Waals surface area (Å²) >= 11 is 4.74. The molecule has 4 aromatic rings. The van der Waals surface area contributed by atoms with Gasteiger partial charge >= 0.3 is 0 Å². The van der Waals surface area contributed by atoms with Crippen LogP contribution in [-0.4, -0.2) is 10.9 Å². The minimum absolute atomic E-state index is 0.0825. The second-order valence-electron chi connectivity index (χ2n) is 6.14. The lowest BCUT2D eigenvalue weighted by Gasteiger charge is -2.09. The summed E-state index contributed by atoms with van der Waals surface area (Å²) in [6, 6.07) is 20.0. The third kappa shape index (κ3) is 3.48. The molecule has 0 spiro atoms. The molecule has 0 aliphatic rings. The van der Waals surface area contributed by atoms with Crippen molar-refractivity contribution in [3.8, 4) is 17.2 Å². The highest BCUT2D eigenvalue weighted by molar-refractivity contribution is 9.10. The molecule has 3 nitrogen and oxygen atoms in total. The average molecular weight is 439 g/mol. The maximum atomic E-state index is 13.2. The summed E-state index contributed by atoms with van der Waals surface area (Å²) in [5.41, 5.74) is 1.56. The van der Waals surface area contributed by atoms with Crippen LogP contribution < -0.4 is 4.74 Å². The van der Waals surface area contributed by atoms with Crippen LogP contribution in [0.15, 0.2) is 71.2 Å². The monoisotopic (exact) mass is 438 g/mol. The number of fused-ring (bicyclic) bond motifs is 1. The molecule has 0 unspecified atom stereocenters. The number of aryl methyl sites for hydroxylation is 1. The van der Waals surface area contributed by atoms with E-state index in [1.54, 1.807) is 18.2 Å². The first kappa shape index (κ1) is 17.8. The number of carbonyl (C=O) groups excluding carboxylic acids is 1. The quantitative estimate of drug-likeness (QED) is 0.360. The maximum Gasteiger partial charge on any atom is 0.207 e. The highest BCUT2D eigenvalue weighted by atomic mass is 79.9. The number of halogens is 1. The molecule has 1 N–H and O–H groups in total. The highest BCUT2D eigenvalue weighted by Crippen LogP contribution is 2.42. The molecule has 1 aromatic heterocycles. The van der Waals surface area contributed by atoms with Gasteiger partial charge in [-0.2, -0.15) is 0 Å². The first-order valence-corrected chi connectivity index (χ1v) is 9.93. The predicted molar refractivity (Wildman–Crippen MR) is 112 cm³/mol. The van der Waals surface area contributed by atoms with Crippen LogP contribution in [-0.2, 0) is 0 Å². The normalized spacial score (nSPS) is 10.9. The second kappa shape index (κ2) is 7.18. The van der Waals surface area contributed by atoms with Crippen molar-refractivity contribution in [1.82, 2.24) is 0 Å². The van der Waals surface area contributed by atoms with Crippen LogP contribution in [0.4, 0.5) is 0 Å². The van der Waals surface area contributed by atoms with E-state index in [1.807, 2.05) is 55.5 Å². The Bertz CT molecular complexity index is 1150. The molecule has 27 heavy (non-hydrogen) atoms. The number of rotatable bonds is 4. The molecule has 0 saturated carbocycles. The Kier molecular flexibility index (Phi) is 4.72. The number of phenols is 1. The molecule has 0 radical (unpaired) electrons. The number of ketones is 1. The molecule has 0 fully saturated rings. The van der Waals surface area contributed by atoms with E-state index in [-0.39, 0.29) is 11.5 Å². The van der Waals surface area contributed by atoms with Gasteiger partial charge in [0.2, 0.25) is 5.78 Å². The number of ether oxygens (including phenoxy) is 1. The number of aromatic hydroxyl groups is 1. The molecule has 0 atom stereocenters. The van der Waals surface area contributed by atoms with Crippen molar-refractivity contribution in [2.24, 2.45) is 0 Å². The summed E-state index contributed by atoms with van der Waals surface area (Å²) < 4.78 is 7.88. The molecule has 1 heterocycles. The van der Waals surface area contributed by atoms with Crippen molar-refractivity contribution < 1.29 is 14.6 Å². The van der Waals surface area contributed by atoms with Crippen molar-refractivity contribution in [2.45, 2.75) is 6.92 Å². The Hall–Kier alpha value is -2.63. The number of carbonyl (C=O) groups is 1. The van der Waals surface area contributed by atoms with E-state index in [0.29, 0.717) is 21.9 Å². The molecule has 0 aliphatic heterocycles. The minimum atomic E-state index is -0.0825. The Morgan fingerprint density at radius 3 is 2.52 bits per heavy atom. The first-order valence-electron chi connectivity index (χ1n) is 8.32. The van der Waals surface area contributed by atoms with Gasteiger partial charge in [0.1, 0.15) is 16.4 Å². The maximum absolute atomic E-state index is 13.2. The van der Waals surface area contributed by atoms with E-state index in [9.17, 15) is 9.90 Å². The van der Waals surface area contributed by atoms with Gasteiger partial charge in [0.05, 0.1) is 0 Å². The van der Waals surface area contributed by atoms with Crippen LogP contribution in [0.5, 0.6) is 17.2 Å². The van der Waals surface area contributed by atoms with E-state index >= 15 is 0 Å². The fraction of sp³-hybridized carbons (Fsp3) is 0.0455. The van der Waals surface area contributed by atoms with Crippen LogP contribution in [0.1, 0.15) is 20.8 Å². The number of benzene rings is 3. The van der Waals surface area contributed by atoms with Crippen LogP contribution >= 0.6 is 27.3 Å². The predicted octanol–water partition coefficient (Wildman–Crippen LogP) is 6.70. The summed E-state index contributed by atoms with van der Waals surface area (Å²) in [6.07, 6.45) is 0. The molecule has 0 saturated heterocycles. The van der Waals surface area contributed by atoms with Gasteiger partial charge in [-0.3, -0.25) is 4.79 Å². The largest absolute Gasteiger partial charge is 0.508 e. The van der Waals surface area contributed by atoms with Gasteiger partial charge in [-0.05, 0) is 55.0 Å². The van der Waals surface area contributed by atoms with Crippen molar-refractivity contribution in [3.63, 3.8) is 0 Å². The van der Waals surface area contributed by atoms with Gasteiger partial charge < -0.3 is 9.84 Å². The average Bonchev–Trinajstić information content (AvgIpc) is 3.01. The third-order valence-corrected chi connectivity index (χ3v) is 5.92. The lowest BCUT2D eigenvalue weighted by molar-refractivity contribution is 0.104. The topological polar surface area (TPSA) is 46.5 Å². The molecule has 5 heteroatoms. The van der Waals surface area contributed by atoms with Crippen molar-refractivity contribution >= 4 is 43.1 Å². The fourth-order valence-corrected chi connectivity index (χ4v) is 4.26. The SMILES string of the molecule is Cc1ccccc1C(=O)c1sc2cc(O)ccc2c1Oc1ccc(Br)cc1. The summed E-state index contributed by atoms with van der Waals surface area (Å²) in [6.45, 7) is 1.92. The minimum Gasteiger partial charge on any atom is -0.508 e. The van der Waals surface area contributed by atoms with Gasteiger partial charge in [0, 0.05) is 20.1 Å². The summed E-state index contributed by atoms with van der Waals surface area (Å²) in [4.78, 5) is 13.8. The Morgan fingerprint density at radius 1 is 1.04 bits per heavy atom. The summed E-state index contributed by atoms with van der Waals surface area (Å²) in [7, 11) is 0. The van der Waals surface area contributed by atoms with E-state index in [2.05, 4.69) is 15.9 Å². The van der Waals surface area contributed by atoms with Gasteiger partial charge in [0.15, 0.2) is 5.75 Å². The standard InChI is InChI=1S/C22H15BrO3S/c1-13-4-2-3-5-17(13)20(25)22-21(26-16-9-6-14(23)7-10-16)18-11-8-15(24)12-19(18)27-22/h2-12,24H,1H3. The molecule has 4 rings (SSSR count). The Balaban J connectivity index is 1.87. The van der Waals surface area contributed by atoms with Crippen LogP contribution in [0.3, 0.4) is 0 Å². The van der Waals surface area contributed by atoms with Crippen molar-refractivity contribution in [2.75, 3.05) is 0 Å². The van der Waals surface area contributed by atoms with E-state index in [1.165, 1.54) is 11.3 Å². The highest BCUT2D eigenvalue weighted by Gasteiger charge is 2.23. The Labute approximate surface area is 169 Å². The third-order valence-electron chi connectivity index (χ3n) is 4.26. The molecule has 3 aromatic carbocycles. The van der Waals surface area contributed by atoms with Gasteiger partial charge in [0.25, 0.3) is 0 Å². The molecule has 0 aliphatic carbocycles. The van der Waals surface area contributed by atoms with Crippen molar-refractivity contribution in [3.05, 3.63) is 87.2 Å². The van der Waals surface area contributed by atoms with Crippen LogP contribution in [0.25, 0.3) is 10.1 Å². The number of thiophene rings is 1. The van der Waals surface area contributed by atoms with E-state index in [0.717, 1.165) is 20.1 Å². The summed E-state index contributed by atoms with van der Waals surface area (Å²) in [5.74, 6) is 1.24. The number of hydrogen-bond donors (Lipinski definition) is 1. The van der Waals surface area contributed by atoms with Crippen LogP contribution in [0, 0.1) is 6.92 Å². The summed E-state index contributed by atoms with van der Waals surface area (Å²) in [5, 5.41) is 10.6. The second-order valence-corrected chi connectivity index (χ2v) is 8.11. The number of hydrogen-bond acceptors (Lipinski definition) is 4. The molecule has 0 amide bonds. The first-order chi connectivity index (χ1) is 13.0. The molecular weight excluding hydrogens is 424 g/mol. The van der Waals surface area contributed by atoms with E-state index in [4.69, 9.17) is 4.74 Å². The zero-order valence-corrected chi connectivity index (χ0v) is 16.8. The van der Waals surface area contributed by atoms with Gasteiger partial charge in [-0.1, -0.05) is 40.2 Å². The molecule has 134 valence electrons. The smallest absolute Gasteiger partial charge is 0.207 e. The van der Waals surface area contributed by atoms with Gasteiger partial charge in [-0.25, -0.2) is 0 Å². The lowest BCUT2D eigenvalue weighted by atomic mass is 10.0. The van der Waals surface area contributed by atoms with Crippen molar-refractivity contribution in [1.29, 1.82) is 0 Å².